The molecule has 2 N–H and O–H groups in total. The van der Waals surface area contributed by atoms with Crippen molar-refractivity contribution in [1.82, 2.24) is 14.9 Å². The van der Waals surface area contributed by atoms with E-state index in [-0.39, 0.29) is 11.8 Å². The molecule has 1 aromatic rings. The summed E-state index contributed by atoms with van der Waals surface area (Å²) in [4.78, 5) is 22.6. The largest absolute Gasteiger partial charge is 0.337 e. The molecule has 6 heteroatoms. The van der Waals surface area contributed by atoms with Gasteiger partial charge in [-0.15, -0.1) is 0 Å². The second-order valence-electron chi connectivity index (χ2n) is 5.22. The SMILES string of the molecule is CC(C)c1ncc(Cl)c(C(=O)N2CC[C@H](CN)C2)n1. The summed E-state index contributed by atoms with van der Waals surface area (Å²) in [5.41, 5.74) is 5.94. The minimum atomic E-state index is -0.120. The molecule has 2 rings (SSSR count). The molecular formula is C13H19ClN4O. The highest BCUT2D eigenvalue weighted by molar-refractivity contribution is 6.33. The Morgan fingerprint density at radius 2 is 2.37 bits per heavy atom. The average molecular weight is 283 g/mol. The van der Waals surface area contributed by atoms with Gasteiger partial charge >= 0.3 is 0 Å². The molecule has 1 atom stereocenters. The fraction of sp³-hybridized carbons (Fsp3) is 0.615. The molecule has 0 radical (unpaired) electrons. The van der Waals surface area contributed by atoms with Gasteiger partial charge in [-0.05, 0) is 18.9 Å². The lowest BCUT2D eigenvalue weighted by Gasteiger charge is -2.17. The van der Waals surface area contributed by atoms with Crippen LogP contribution in [0.3, 0.4) is 0 Å². The number of halogens is 1. The maximum atomic E-state index is 12.4. The van der Waals surface area contributed by atoms with Crippen molar-refractivity contribution >= 4 is 17.5 Å². The molecule has 1 aliphatic rings. The smallest absolute Gasteiger partial charge is 0.274 e. The van der Waals surface area contributed by atoms with Gasteiger partial charge in [0.1, 0.15) is 5.82 Å². The quantitative estimate of drug-likeness (QED) is 0.915. The van der Waals surface area contributed by atoms with Crippen LogP contribution >= 0.6 is 11.6 Å². The van der Waals surface area contributed by atoms with Crippen molar-refractivity contribution in [2.24, 2.45) is 11.7 Å². The Labute approximate surface area is 118 Å². The zero-order valence-electron chi connectivity index (χ0n) is 11.3. The summed E-state index contributed by atoms with van der Waals surface area (Å²) >= 11 is 6.05. The van der Waals surface area contributed by atoms with Gasteiger partial charge in [-0.3, -0.25) is 4.79 Å². The van der Waals surface area contributed by atoms with Crippen LogP contribution in [-0.4, -0.2) is 40.4 Å². The van der Waals surface area contributed by atoms with Crippen LogP contribution in [0.1, 0.15) is 42.5 Å². The molecule has 1 aromatic heterocycles. The van der Waals surface area contributed by atoms with Gasteiger partial charge in [-0.25, -0.2) is 9.97 Å². The Hall–Kier alpha value is -1.20. The lowest BCUT2D eigenvalue weighted by atomic mass is 10.1. The van der Waals surface area contributed by atoms with E-state index in [9.17, 15) is 4.79 Å². The van der Waals surface area contributed by atoms with Gasteiger partial charge < -0.3 is 10.6 Å². The molecule has 0 aliphatic carbocycles. The third-order valence-electron chi connectivity index (χ3n) is 3.39. The zero-order chi connectivity index (χ0) is 14.0. The van der Waals surface area contributed by atoms with Gasteiger partial charge in [0.25, 0.3) is 5.91 Å². The number of carbonyl (C=O) groups is 1. The minimum Gasteiger partial charge on any atom is -0.337 e. The van der Waals surface area contributed by atoms with Crippen molar-refractivity contribution in [3.05, 3.63) is 22.7 Å². The summed E-state index contributed by atoms with van der Waals surface area (Å²) in [5.74, 6) is 1.07. The van der Waals surface area contributed by atoms with Crippen molar-refractivity contribution in [1.29, 1.82) is 0 Å². The number of likely N-dealkylation sites (tertiary alicyclic amines) is 1. The van der Waals surface area contributed by atoms with Crippen LogP contribution < -0.4 is 5.73 Å². The van der Waals surface area contributed by atoms with E-state index in [2.05, 4.69) is 9.97 Å². The average Bonchev–Trinajstić information content (AvgIpc) is 2.87. The molecule has 1 aliphatic heterocycles. The molecule has 0 spiro atoms. The van der Waals surface area contributed by atoms with E-state index < -0.39 is 0 Å². The summed E-state index contributed by atoms with van der Waals surface area (Å²) in [6.07, 6.45) is 2.45. The topological polar surface area (TPSA) is 72.1 Å². The summed E-state index contributed by atoms with van der Waals surface area (Å²) in [7, 11) is 0. The van der Waals surface area contributed by atoms with Crippen molar-refractivity contribution < 1.29 is 4.79 Å². The summed E-state index contributed by atoms with van der Waals surface area (Å²) in [6.45, 7) is 5.98. The van der Waals surface area contributed by atoms with E-state index in [1.54, 1.807) is 4.90 Å². The van der Waals surface area contributed by atoms with Crippen LogP contribution in [0.5, 0.6) is 0 Å². The number of hydrogen-bond donors (Lipinski definition) is 1. The maximum Gasteiger partial charge on any atom is 0.274 e. The summed E-state index contributed by atoms with van der Waals surface area (Å²) < 4.78 is 0. The molecule has 1 fully saturated rings. The number of rotatable bonds is 3. The van der Waals surface area contributed by atoms with Crippen LogP contribution in [0.4, 0.5) is 0 Å². The highest BCUT2D eigenvalue weighted by atomic mass is 35.5. The van der Waals surface area contributed by atoms with Crippen molar-refractivity contribution in [3.63, 3.8) is 0 Å². The molecule has 0 saturated carbocycles. The summed E-state index contributed by atoms with van der Waals surface area (Å²) in [5, 5.41) is 0.311. The minimum absolute atomic E-state index is 0.120. The summed E-state index contributed by atoms with van der Waals surface area (Å²) in [6, 6.07) is 0. The van der Waals surface area contributed by atoms with Gasteiger partial charge in [0.15, 0.2) is 5.69 Å². The third-order valence-corrected chi connectivity index (χ3v) is 3.66. The first-order chi connectivity index (χ1) is 9.02. The second-order valence-corrected chi connectivity index (χ2v) is 5.63. The lowest BCUT2D eigenvalue weighted by Crippen LogP contribution is -2.31. The number of nitrogens with two attached hydrogens (primary N) is 1. The first kappa shape index (κ1) is 14.2. The van der Waals surface area contributed by atoms with E-state index >= 15 is 0 Å². The fourth-order valence-corrected chi connectivity index (χ4v) is 2.34. The van der Waals surface area contributed by atoms with E-state index in [1.165, 1.54) is 6.20 Å². The maximum absolute atomic E-state index is 12.4. The van der Waals surface area contributed by atoms with E-state index in [0.717, 1.165) is 13.0 Å². The van der Waals surface area contributed by atoms with Crippen LogP contribution in [0.15, 0.2) is 6.20 Å². The van der Waals surface area contributed by atoms with Gasteiger partial charge in [-0.1, -0.05) is 25.4 Å². The molecule has 0 aromatic carbocycles. The number of carbonyl (C=O) groups excluding carboxylic acids is 1. The molecule has 19 heavy (non-hydrogen) atoms. The second kappa shape index (κ2) is 5.84. The van der Waals surface area contributed by atoms with Crippen molar-refractivity contribution in [3.8, 4) is 0 Å². The Balaban J connectivity index is 2.21. The van der Waals surface area contributed by atoms with Crippen LogP contribution in [-0.2, 0) is 0 Å². The fourth-order valence-electron chi connectivity index (χ4n) is 2.17. The normalized spacial score (nSPS) is 19.2. The molecule has 1 amide bonds. The first-order valence-corrected chi connectivity index (χ1v) is 6.92. The molecule has 2 heterocycles. The number of nitrogens with zero attached hydrogens (tertiary/aromatic N) is 3. The van der Waals surface area contributed by atoms with Gasteiger partial charge in [0, 0.05) is 19.0 Å². The predicted octanol–water partition coefficient (Wildman–Crippen LogP) is 1.67. The van der Waals surface area contributed by atoms with Gasteiger partial charge in [-0.2, -0.15) is 0 Å². The monoisotopic (exact) mass is 282 g/mol. The first-order valence-electron chi connectivity index (χ1n) is 6.54. The molecule has 0 unspecified atom stereocenters. The van der Waals surface area contributed by atoms with E-state index in [1.807, 2.05) is 13.8 Å². The highest BCUT2D eigenvalue weighted by Crippen LogP contribution is 2.22. The van der Waals surface area contributed by atoms with Crippen molar-refractivity contribution in [2.75, 3.05) is 19.6 Å². The van der Waals surface area contributed by atoms with Crippen LogP contribution in [0.25, 0.3) is 0 Å². The third kappa shape index (κ3) is 3.04. The van der Waals surface area contributed by atoms with Crippen molar-refractivity contribution in [2.45, 2.75) is 26.2 Å². The standard InChI is InChI=1S/C13H19ClN4O/c1-8(2)12-16-6-10(14)11(17-12)13(19)18-4-3-9(5-15)7-18/h6,8-9H,3-5,7,15H2,1-2H3/t9-/m1/s1. The Morgan fingerprint density at radius 1 is 1.63 bits per heavy atom. The van der Waals surface area contributed by atoms with Crippen LogP contribution in [0, 0.1) is 5.92 Å². The van der Waals surface area contributed by atoms with E-state index in [0.29, 0.717) is 35.5 Å². The van der Waals surface area contributed by atoms with Crippen LogP contribution in [0.2, 0.25) is 5.02 Å². The van der Waals surface area contributed by atoms with Gasteiger partial charge in [0.05, 0.1) is 11.2 Å². The predicted molar refractivity (Wildman–Crippen MR) is 74.2 cm³/mol. The molecule has 0 bridgehead atoms. The zero-order valence-corrected chi connectivity index (χ0v) is 12.0. The molecular weight excluding hydrogens is 264 g/mol. The Kier molecular flexibility index (Phi) is 4.37. The molecule has 104 valence electrons. The lowest BCUT2D eigenvalue weighted by molar-refractivity contribution is 0.0781. The number of amides is 1. The molecule has 1 saturated heterocycles. The van der Waals surface area contributed by atoms with E-state index in [4.69, 9.17) is 17.3 Å². The Morgan fingerprint density at radius 3 is 2.95 bits per heavy atom. The number of hydrogen-bond acceptors (Lipinski definition) is 4. The molecule has 5 nitrogen and oxygen atoms in total. The Bertz CT molecular complexity index is 478. The highest BCUT2D eigenvalue weighted by Gasteiger charge is 2.28. The number of aromatic nitrogens is 2. The van der Waals surface area contributed by atoms with Gasteiger partial charge in [0.2, 0.25) is 0 Å².